The van der Waals surface area contributed by atoms with E-state index in [4.69, 9.17) is 0 Å². The number of nitro groups is 1. The maximum Gasteiger partial charge on any atom is 0.270 e. The molecule has 0 radical (unpaired) electrons. The molecule has 0 spiro atoms. The Kier molecular flexibility index (Phi) is 4.76. The zero-order valence-corrected chi connectivity index (χ0v) is 14.8. The third kappa shape index (κ3) is 3.59. The normalized spacial score (nSPS) is 11.0. The molecule has 0 aliphatic carbocycles. The molecule has 3 rings (SSSR count). The molecule has 0 unspecified atom stereocenters. The summed E-state index contributed by atoms with van der Waals surface area (Å²) in [7, 11) is 0. The molecule has 2 heterocycles. The van der Waals surface area contributed by atoms with Crippen LogP contribution in [0, 0.1) is 10.1 Å². The average molecular weight is 373 g/mol. The largest absolute Gasteiger partial charge is 0.299 e. The summed E-state index contributed by atoms with van der Waals surface area (Å²) in [5.41, 5.74) is -0.0118. The van der Waals surface area contributed by atoms with Crippen molar-refractivity contribution in [3.8, 4) is 0 Å². The van der Waals surface area contributed by atoms with Gasteiger partial charge in [0.1, 0.15) is 11.6 Å². The molecule has 0 aliphatic rings. The van der Waals surface area contributed by atoms with Crippen molar-refractivity contribution in [3.05, 3.63) is 55.8 Å². The molecule has 26 heavy (non-hydrogen) atoms. The SMILES string of the molecule is CC(C)c1nnc(NC(=O)Cn2c(=O)ccc3cc([N+](=O)[O-])ccc32)s1. The zero-order valence-electron chi connectivity index (χ0n) is 14.0. The van der Waals surface area contributed by atoms with Gasteiger partial charge in [0, 0.05) is 29.5 Å². The van der Waals surface area contributed by atoms with Gasteiger partial charge >= 0.3 is 0 Å². The summed E-state index contributed by atoms with van der Waals surface area (Å²) in [6.07, 6.45) is 0. The van der Waals surface area contributed by atoms with Gasteiger partial charge in [-0.25, -0.2) is 0 Å². The van der Waals surface area contributed by atoms with Crippen molar-refractivity contribution in [1.82, 2.24) is 14.8 Å². The quantitative estimate of drug-likeness (QED) is 0.542. The Labute approximate surface area is 151 Å². The first-order chi connectivity index (χ1) is 12.3. The molecule has 1 N–H and O–H groups in total. The van der Waals surface area contributed by atoms with E-state index >= 15 is 0 Å². The number of nitrogens with one attached hydrogen (secondary N) is 1. The van der Waals surface area contributed by atoms with Crippen molar-refractivity contribution >= 4 is 39.0 Å². The van der Waals surface area contributed by atoms with E-state index in [0.29, 0.717) is 16.0 Å². The third-order valence-corrected chi connectivity index (χ3v) is 4.81. The number of hydrogen-bond donors (Lipinski definition) is 1. The molecule has 1 aromatic carbocycles. The maximum atomic E-state index is 12.3. The van der Waals surface area contributed by atoms with E-state index in [1.165, 1.54) is 46.2 Å². The van der Waals surface area contributed by atoms with Gasteiger partial charge in [-0.15, -0.1) is 10.2 Å². The standard InChI is InChI=1S/C16H15N5O4S/c1-9(2)15-18-19-16(26-15)17-13(22)8-20-12-5-4-11(21(24)25)7-10(12)3-6-14(20)23/h3-7,9H,8H2,1-2H3,(H,17,19,22). The first-order valence-electron chi connectivity index (χ1n) is 7.76. The van der Waals surface area contributed by atoms with Gasteiger partial charge in [-0.1, -0.05) is 25.2 Å². The number of carbonyl (C=O) groups excluding carboxylic acids is 1. The lowest BCUT2D eigenvalue weighted by Crippen LogP contribution is -2.27. The van der Waals surface area contributed by atoms with Crippen LogP contribution in [-0.2, 0) is 11.3 Å². The van der Waals surface area contributed by atoms with Crippen LogP contribution in [0.15, 0.2) is 35.1 Å². The van der Waals surface area contributed by atoms with Crippen LogP contribution in [0.2, 0.25) is 0 Å². The van der Waals surface area contributed by atoms with Gasteiger partial charge in [0.2, 0.25) is 11.0 Å². The minimum absolute atomic E-state index is 0.0813. The Hall–Kier alpha value is -3.14. The van der Waals surface area contributed by atoms with Crippen LogP contribution < -0.4 is 10.9 Å². The van der Waals surface area contributed by atoms with Crippen molar-refractivity contribution in [1.29, 1.82) is 0 Å². The van der Waals surface area contributed by atoms with Gasteiger partial charge in [0.15, 0.2) is 0 Å². The summed E-state index contributed by atoms with van der Waals surface area (Å²) in [6, 6.07) is 6.91. The molecule has 9 nitrogen and oxygen atoms in total. The summed E-state index contributed by atoms with van der Waals surface area (Å²) in [6.45, 7) is 3.71. The fourth-order valence-corrected chi connectivity index (χ4v) is 3.15. The minimum Gasteiger partial charge on any atom is -0.299 e. The van der Waals surface area contributed by atoms with E-state index in [-0.39, 0.29) is 23.7 Å². The Morgan fingerprint density at radius 1 is 1.31 bits per heavy atom. The van der Waals surface area contributed by atoms with Crippen molar-refractivity contribution in [2.75, 3.05) is 5.32 Å². The summed E-state index contributed by atoms with van der Waals surface area (Å²) in [5, 5.41) is 23.1. The van der Waals surface area contributed by atoms with Gasteiger partial charge in [-0.3, -0.25) is 29.6 Å². The number of aromatic nitrogens is 3. The molecule has 0 bridgehead atoms. The predicted octanol–water partition coefficient (Wildman–Crippen LogP) is 2.52. The lowest BCUT2D eigenvalue weighted by Gasteiger charge is -2.09. The molecule has 1 amide bonds. The van der Waals surface area contributed by atoms with Crippen molar-refractivity contribution in [2.45, 2.75) is 26.3 Å². The molecule has 0 fully saturated rings. The Bertz CT molecular complexity index is 1060. The Morgan fingerprint density at radius 2 is 2.08 bits per heavy atom. The van der Waals surface area contributed by atoms with Crippen LogP contribution in [0.4, 0.5) is 10.8 Å². The van der Waals surface area contributed by atoms with Crippen LogP contribution >= 0.6 is 11.3 Å². The van der Waals surface area contributed by atoms with E-state index in [2.05, 4.69) is 15.5 Å². The maximum absolute atomic E-state index is 12.3. The highest BCUT2D eigenvalue weighted by atomic mass is 32.1. The summed E-state index contributed by atoms with van der Waals surface area (Å²) < 4.78 is 1.26. The monoisotopic (exact) mass is 373 g/mol. The Morgan fingerprint density at radius 3 is 2.73 bits per heavy atom. The van der Waals surface area contributed by atoms with Gasteiger partial charge < -0.3 is 0 Å². The molecule has 0 atom stereocenters. The average Bonchev–Trinajstić information content (AvgIpc) is 3.05. The molecule has 2 aromatic heterocycles. The van der Waals surface area contributed by atoms with Gasteiger partial charge in [0.25, 0.3) is 11.2 Å². The third-order valence-electron chi connectivity index (χ3n) is 3.67. The number of anilines is 1. The summed E-state index contributed by atoms with van der Waals surface area (Å²) in [4.78, 5) is 34.8. The van der Waals surface area contributed by atoms with Crippen LogP contribution in [0.1, 0.15) is 24.8 Å². The summed E-state index contributed by atoms with van der Waals surface area (Å²) in [5.74, 6) is -0.223. The highest BCUT2D eigenvalue weighted by Crippen LogP contribution is 2.23. The highest BCUT2D eigenvalue weighted by Gasteiger charge is 2.14. The van der Waals surface area contributed by atoms with E-state index in [1.54, 1.807) is 0 Å². The second kappa shape index (κ2) is 7.00. The molecule has 134 valence electrons. The van der Waals surface area contributed by atoms with Crippen LogP contribution in [0.25, 0.3) is 10.9 Å². The predicted molar refractivity (Wildman–Crippen MR) is 97.5 cm³/mol. The summed E-state index contributed by atoms with van der Waals surface area (Å²) >= 11 is 1.28. The number of amides is 1. The van der Waals surface area contributed by atoms with E-state index < -0.39 is 10.8 Å². The van der Waals surface area contributed by atoms with Crippen LogP contribution in [0.3, 0.4) is 0 Å². The van der Waals surface area contributed by atoms with Gasteiger partial charge in [-0.05, 0) is 12.1 Å². The number of rotatable bonds is 5. The van der Waals surface area contributed by atoms with E-state index in [1.807, 2.05) is 13.8 Å². The number of non-ortho nitro benzene ring substituents is 1. The Balaban J connectivity index is 1.87. The zero-order chi connectivity index (χ0) is 18.8. The first-order valence-corrected chi connectivity index (χ1v) is 8.58. The van der Waals surface area contributed by atoms with E-state index in [9.17, 15) is 19.7 Å². The number of hydrogen-bond acceptors (Lipinski definition) is 7. The fraction of sp³-hybridized carbons (Fsp3) is 0.250. The first kappa shape index (κ1) is 17.7. The topological polar surface area (TPSA) is 120 Å². The molecule has 3 aromatic rings. The smallest absolute Gasteiger partial charge is 0.270 e. The lowest BCUT2D eigenvalue weighted by atomic mass is 10.2. The van der Waals surface area contributed by atoms with Crippen LogP contribution in [-0.4, -0.2) is 25.6 Å². The number of fused-ring (bicyclic) bond motifs is 1. The number of pyridine rings is 1. The van der Waals surface area contributed by atoms with Gasteiger partial charge in [0.05, 0.1) is 10.4 Å². The molecular formula is C16H15N5O4S. The second-order valence-corrected chi connectivity index (χ2v) is 6.92. The van der Waals surface area contributed by atoms with Crippen molar-refractivity contribution < 1.29 is 9.72 Å². The molecule has 10 heteroatoms. The van der Waals surface area contributed by atoms with Crippen molar-refractivity contribution in [3.63, 3.8) is 0 Å². The van der Waals surface area contributed by atoms with Crippen molar-refractivity contribution in [2.24, 2.45) is 0 Å². The number of benzene rings is 1. The minimum atomic E-state index is -0.511. The number of carbonyl (C=O) groups is 1. The molecular weight excluding hydrogens is 358 g/mol. The molecule has 0 saturated carbocycles. The lowest BCUT2D eigenvalue weighted by molar-refractivity contribution is -0.384. The van der Waals surface area contributed by atoms with Gasteiger partial charge in [-0.2, -0.15) is 0 Å². The highest BCUT2D eigenvalue weighted by molar-refractivity contribution is 7.15. The second-order valence-electron chi connectivity index (χ2n) is 5.91. The fourth-order valence-electron chi connectivity index (χ4n) is 2.39. The molecule has 0 saturated heterocycles. The van der Waals surface area contributed by atoms with Crippen LogP contribution in [0.5, 0.6) is 0 Å². The molecule has 0 aliphatic heterocycles. The number of nitro benzene ring substituents is 1. The number of nitrogens with zero attached hydrogens (tertiary/aromatic N) is 4. The van der Waals surface area contributed by atoms with E-state index in [0.717, 1.165) is 5.01 Å².